The second kappa shape index (κ2) is 5.11. The molecule has 1 atom stereocenters. The van der Waals surface area contributed by atoms with Gasteiger partial charge in [0.1, 0.15) is 11.9 Å². The SMILES string of the molecule is NNC(Cc1ccc(Br)cc1F)C(F)(F)F. The van der Waals surface area contributed by atoms with E-state index in [2.05, 4.69) is 15.9 Å². The van der Waals surface area contributed by atoms with E-state index >= 15 is 0 Å². The summed E-state index contributed by atoms with van der Waals surface area (Å²) >= 11 is 3.02. The Kier molecular flexibility index (Phi) is 4.28. The first-order valence-corrected chi connectivity index (χ1v) is 5.10. The zero-order valence-corrected chi connectivity index (χ0v) is 9.57. The second-order valence-electron chi connectivity index (χ2n) is 3.20. The van der Waals surface area contributed by atoms with Crippen LogP contribution in [0, 0.1) is 5.82 Å². The molecule has 0 fully saturated rings. The van der Waals surface area contributed by atoms with Crippen molar-refractivity contribution in [2.45, 2.75) is 18.6 Å². The third kappa shape index (κ3) is 3.43. The minimum Gasteiger partial charge on any atom is -0.271 e. The topological polar surface area (TPSA) is 38.0 Å². The van der Waals surface area contributed by atoms with Crippen LogP contribution in [0.2, 0.25) is 0 Å². The van der Waals surface area contributed by atoms with E-state index in [1.807, 2.05) is 0 Å². The fourth-order valence-electron chi connectivity index (χ4n) is 1.18. The Balaban J connectivity index is 2.86. The molecule has 0 aliphatic rings. The van der Waals surface area contributed by atoms with Crippen molar-refractivity contribution in [2.24, 2.45) is 5.84 Å². The van der Waals surface area contributed by atoms with Crippen molar-refractivity contribution >= 4 is 15.9 Å². The van der Waals surface area contributed by atoms with Crippen molar-refractivity contribution in [3.63, 3.8) is 0 Å². The van der Waals surface area contributed by atoms with Crippen LogP contribution in [0.4, 0.5) is 17.6 Å². The van der Waals surface area contributed by atoms with E-state index in [-0.39, 0.29) is 5.56 Å². The highest BCUT2D eigenvalue weighted by atomic mass is 79.9. The molecular formula is C9H9BrF4N2. The maximum Gasteiger partial charge on any atom is 0.405 e. The quantitative estimate of drug-likeness (QED) is 0.511. The highest BCUT2D eigenvalue weighted by Gasteiger charge is 2.39. The van der Waals surface area contributed by atoms with E-state index in [0.717, 1.165) is 6.07 Å². The molecule has 0 heterocycles. The van der Waals surface area contributed by atoms with E-state index in [1.54, 1.807) is 5.43 Å². The van der Waals surface area contributed by atoms with Gasteiger partial charge in [0.25, 0.3) is 0 Å². The molecule has 0 amide bonds. The van der Waals surface area contributed by atoms with Gasteiger partial charge in [-0.1, -0.05) is 22.0 Å². The average molecular weight is 301 g/mol. The molecule has 90 valence electrons. The molecule has 1 aromatic carbocycles. The smallest absolute Gasteiger partial charge is 0.271 e. The van der Waals surface area contributed by atoms with E-state index < -0.39 is 24.5 Å². The Morgan fingerprint density at radius 1 is 1.38 bits per heavy atom. The summed E-state index contributed by atoms with van der Waals surface area (Å²) in [7, 11) is 0. The van der Waals surface area contributed by atoms with Gasteiger partial charge in [-0.3, -0.25) is 5.84 Å². The van der Waals surface area contributed by atoms with Gasteiger partial charge < -0.3 is 0 Å². The van der Waals surface area contributed by atoms with Crippen LogP contribution in [-0.4, -0.2) is 12.2 Å². The molecule has 0 aliphatic heterocycles. The Morgan fingerprint density at radius 3 is 2.44 bits per heavy atom. The van der Waals surface area contributed by atoms with Crippen molar-refractivity contribution in [2.75, 3.05) is 0 Å². The van der Waals surface area contributed by atoms with Crippen LogP contribution in [-0.2, 0) is 6.42 Å². The molecule has 1 aromatic rings. The molecule has 0 aromatic heterocycles. The van der Waals surface area contributed by atoms with Crippen LogP contribution in [0.1, 0.15) is 5.56 Å². The molecule has 16 heavy (non-hydrogen) atoms. The van der Waals surface area contributed by atoms with Gasteiger partial charge in [-0.25, -0.2) is 9.82 Å². The number of nitrogens with two attached hydrogens (primary N) is 1. The number of rotatable bonds is 3. The van der Waals surface area contributed by atoms with Crippen LogP contribution >= 0.6 is 15.9 Å². The predicted octanol–water partition coefficient (Wildman–Crippen LogP) is 2.52. The van der Waals surface area contributed by atoms with Crippen molar-refractivity contribution in [3.05, 3.63) is 34.1 Å². The van der Waals surface area contributed by atoms with Gasteiger partial charge in [0, 0.05) is 10.9 Å². The minimum atomic E-state index is -4.51. The van der Waals surface area contributed by atoms with Gasteiger partial charge in [0.05, 0.1) is 0 Å². The third-order valence-corrected chi connectivity index (χ3v) is 2.53. The highest BCUT2D eigenvalue weighted by Crippen LogP contribution is 2.24. The molecule has 0 saturated heterocycles. The van der Waals surface area contributed by atoms with Crippen LogP contribution < -0.4 is 11.3 Å². The number of hydrogen-bond donors (Lipinski definition) is 2. The van der Waals surface area contributed by atoms with Gasteiger partial charge in [0.15, 0.2) is 0 Å². The summed E-state index contributed by atoms with van der Waals surface area (Å²) in [6, 6.07) is 1.92. The molecule has 1 rings (SSSR count). The highest BCUT2D eigenvalue weighted by molar-refractivity contribution is 9.10. The first kappa shape index (κ1) is 13.4. The number of nitrogens with one attached hydrogen (secondary N) is 1. The Labute approximate surface area is 97.9 Å². The fraction of sp³-hybridized carbons (Fsp3) is 0.333. The molecule has 3 N–H and O–H groups in total. The lowest BCUT2D eigenvalue weighted by atomic mass is 10.1. The molecule has 0 spiro atoms. The summed E-state index contributed by atoms with van der Waals surface area (Å²) in [5.41, 5.74) is 1.59. The lowest BCUT2D eigenvalue weighted by molar-refractivity contribution is -0.155. The summed E-state index contributed by atoms with van der Waals surface area (Å²) in [4.78, 5) is 0. The number of alkyl halides is 3. The largest absolute Gasteiger partial charge is 0.405 e. The number of hydrogen-bond acceptors (Lipinski definition) is 2. The zero-order chi connectivity index (χ0) is 12.3. The van der Waals surface area contributed by atoms with E-state index in [9.17, 15) is 17.6 Å². The van der Waals surface area contributed by atoms with E-state index in [0.29, 0.717) is 4.47 Å². The molecule has 0 bridgehead atoms. The zero-order valence-electron chi connectivity index (χ0n) is 7.98. The van der Waals surface area contributed by atoms with Crippen LogP contribution in [0.3, 0.4) is 0 Å². The second-order valence-corrected chi connectivity index (χ2v) is 4.12. The van der Waals surface area contributed by atoms with E-state index in [4.69, 9.17) is 5.84 Å². The third-order valence-electron chi connectivity index (χ3n) is 2.04. The maximum absolute atomic E-state index is 13.3. The first-order chi connectivity index (χ1) is 7.34. The maximum atomic E-state index is 13.3. The molecule has 0 aliphatic carbocycles. The molecule has 2 nitrogen and oxygen atoms in total. The predicted molar refractivity (Wildman–Crippen MR) is 55.0 cm³/mol. The molecular weight excluding hydrogens is 292 g/mol. The van der Waals surface area contributed by atoms with Crippen LogP contribution in [0.5, 0.6) is 0 Å². The Morgan fingerprint density at radius 2 is 2.00 bits per heavy atom. The lowest BCUT2D eigenvalue weighted by Gasteiger charge is -2.19. The Bertz CT molecular complexity index is 367. The monoisotopic (exact) mass is 300 g/mol. The lowest BCUT2D eigenvalue weighted by Crippen LogP contribution is -2.47. The normalized spacial score (nSPS) is 13.9. The van der Waals surface area contributed by atoms with Crippen LogP contribution in [0.15, 0.2) is 22.7 Å². The van der Waals surface area contributed by atoms with Crippen molar-refractivity contribution < 1.29 is 17.6 Å². The van der Waals surface area contributed by atoms with Gasteiger partial charge in [-0.05, 0) is 17.7 Å². The standard InChI is InChI=1S/C9H9BrF4N2/c10-6-2-1-5(7(11)4-6)3-8(16-15)9(12,13)14/h1-2,4,8,16H,3,15H2. The molecule has 7 heteroatoms. The van der Waals surface area contributed by atoms with Gasteiger partial charge >= 0.3 is 6.18 Å². The van der Waals surface area contributed by atoms with Crippen molar-refractivity contribution in [1.82, 2.24) is 5.43 Å². The molecule has 1 unspecified atom stereocenters. The summed E-state index contributed by atoms with van der Waals surface area (Å²) in [6.45, 7) is 0. The summed E-state index contributed by atoms with van der Waals surface area (Å²) in [5.74, 6) is 4.09. The number of hydrazine groups is 1. The number of halogens is 5. The first-order valence-electron chi connectivity index (χ1n) is 4.31. The van der Waals surface area contributed by atoms with Crippen LogP contribution in [0.25, 0.3) is 0 Å². The van der Waals surface area contributed by atoms with Crippen molar-refractivity contribution in [3.8, 4) is 0 Å². The fourth-order valence-corrected chi connectivity index (χ4v) is 1.51. The average Bonchev–Trinajstić information content (AvgIpc) is 2.14. The van der Waals surface area contributed by atoms with Gasteiger partial charge in [-0.2, -0.15) is 13.2 Å². The van der Waals surface area contributed by atoms with Gasteiger partial charge in [-0.15, -0.1) is 0 Å². The molecule has 0 radical (unpaired) electrons. The summed E-state index contributed by atoms with van der Waals surface area (Å²) in [6.07, 6.45) is -5.05. The number of benzene rings is 1. The summed E-state index contributed by atoms with van der Waals surface area (Å²) < 4.78 is 50.8. The van der Waals surface area contributed by atoms with Gasteiger partial charge in [0.2, 0.25) is 0 Å². The summed E-state index contributed by atoms with van der Waals surface area (Å²) in [5, 5.41) is 0. The Hall–Kier alpha value is -0.660. The van der Waals surface area contributed by atoms with E-state index in [1.165, 1.54) is 12.1 Å². The molecule has 0 saturated carbocycles. The minimum absolute atomic E-state index is 0.0384. The van der Waals surface area contributed by atoms with Crippen molar-refractivity contribution in [1.29, 1.82) is 0 Å².